The number of nitrogens with one attached hydrogen (secondary N) is 4. The van der Waals surface area contributed by atoms with Crippen molar-refractivity contribution in [2.24, 2.45) is 0 Å². The highest BCUT2D eigenvalue weighted by atomic mass is 32.2. The molecule has 228 valence electrons. The molecule has 4 N–H and O–H groups in total. The van der Waals surface area contributed by atoms with E-state index in [1.807, 2.05) is 6.92 Å². The molecule has 0 atom stereocenters. The van der Waals surface area contributed by atoms with Crippen molar-refractivity contribution in [2.45, 2.75) is 43.0 Å². The van der Waals surface area contributed by atoms with Gasteiger partial charge >= 0.3 is 0 Å². The molecule has 0 aliphatic heterocycles. The Morgan fingerprint density at radius 2 is 1.49 bits per heavy atom. The van der Waals surface area contributed by atoms with Crippen LogP contribution < -0.4 is 29.6 Å². The summed E-state index contributed by atoms with van der Waals surface area (Å²) in [4.78, 5) is 16.7. The van der Waals surface area contributed by atoms with Gasteiger partial charge in [-0.1, -0.05) is 6.07 Å². The van der Waals surface area contributed by atoms with E-state index in [1.54, 1.807) is 51.2 Å². The predicted molar refractivity (Wildman–Crippen MR) is 162 cm³/mol. The van der Waals surface area contributed by atoms with Gasteiger partial charge in [-0.2, -0.15) is 9.97 Å². The second kappa shape index (κ2) is 12.4. The maximum Gasteiger partial charge on any atom is 0.263 e. The highest BCUT2D eigenvalue weighted by Crippen LogP contribution is 2.32. The van der Waals surface area contributed by atoms with Gasteiger partial charge in [0.15, 0.2) is 5.82 Å². The quantitative estimate of drug-likeness (QED) is 0.188. The van der Waals surface area contributed by atoms with Crippen LogP contribution in [0.4, 0.5) is 29.0 Å². The molecular formula is C27H32N8O6S2. The van der Waals surface area contributed by atoms with E-state index < -0.39 is 25.6 Å². The van der Waals surface area contributed by atoms with Gasteiger partial charge in [-0.05, 0) is 70.2 Å². The first kappa shape index (κ1) is 31.4. The van der Waals surface area contributed by atoms with Gasteiger partial charge < -0.3 is 20.1 Å². The molecule has 0 saturated carbocycles. The highest BCUT2D eigenvalue weighted by Gasteiger charge is 2.23. The maximum atomic E-state index is 13.0. The number of nitrogens with zero attached hydrogens (tertiary/aromatic N) is 4. The predicted octanol–water partition coefficient (Wildman–Crippen LogP) is 3.96. The summed E-state index contributed by atoms with van der Waals surface area (Å²) in [6.45, 7) is 7.11. The molecule has 4 rings (SSSR count). The van der Waals surface area contributed by atoms with Crippen LogP contribution in [0.5, 0.6) is 11.6 Å². The number of anilines is 5. The van der Waals surface area contributed by atoms with E-state index in [1.165, 1.54) is 38.5 Å². The van der Waals surface area contributed by atoms with Crippen LogP contribution in [0.2, 0.25) is 0 Å². The Balaban J connectivity index is 1.50. The summed E-state index contributed by atoms with van der Waals surface area (Å²) in [5.41, 5.74) is 1.13. The lowest BCUT2D eigenvalue weighted by Gasteiger charge is -2.20. The third-order valence-corrected chi connectivity index (χ3v) is 8.75. The number of hydrogen-bond acceptors (Lipinski definition) is 12. The minimum Gasteiger partial charge on any atom is -0.489 e. The second-order valence-electron chi connectivity index (χ2n) is 10.3. The minimum absolute atomic E-state index is 0.0272. The van der Waals surface area contributed by atoms with E-state index in [4.69, 9.17) is 9.47 Å². The Kier molecular flexibility index (Phi) is 9.03. The Hall–Kier alpha value is -4.54. The van der Waals surface area contributed by atoms with Gasteiger partial charge in [0, 0.05) is 28.7 Å². The van der Waals surface area contributed by atoms with Crippen LogP contribution in [-0.4, -0.2) is 56.5 Å². The molecule has 14 nitrogen and oxygen atoms in total. The third kappa shape index (κ3) is 7.85. The van der Waals surface area contributed by atoms with Crippen molar-refractivity contribution in [1.29, 1.82) is 0 Å². The topological polar surface area (TPSA) is 186 Å². The summed E-state index contributed by atoms with van der Waals surface area (Å²) in [5.74, 6) is 0.740. The van der Waals surface area contributed by atoms with Crippen LogP contribution in [0, 0.1) is 6.92 Å². The summed E-state index contributed by atoms with van der Waals surface area (Å²) >= 11 is 0. The Bertz CT molecular complexity index is 1830. The van der Waals surface area contributed by atoms with Crippen molar-refractivity contribution in [3.8, 4) is 11.6 Å². The smallest absolute Gasteiger partial charge is 0.263 e. The molecule has 4 aromatic rings. The number of hydrogen-bond donors (Lipinski definition) is 4. The molecule has 0 saturated heterocycles. The number of aryl methyl sites for hydroxylation is 1. The first-order valence-corrected chi connectivity index (χ1v) is 15.7. The lowest BCUT2D eigenvalue weighted by Crippen LogP contribution is -2.40. The number of rotatable bonds is 11. The van der Waals surface area contributed by atoms with Crippen molar-refractivity contribution in [3.05, 3.63) is 66.6 Å². The van der Waals surface area contributed by atoms with Crippen LogP contribution in [-0.2, 0) is 20.0 Å². The van der Waals surface area contributed by atoms with Gasteiger partial charge in [0.05, 0.1) is 24.0 Å². The SMILES string of the molecule is COc1ncnc(NS(=O)(=O)c2ccc(Nc3ncc(C)c(Nc4cccc(S(=O)(=O)NC(C)(C)C)c4)n3)cc2)c1OC. The molecule has 0 spiro atoms. The van der Waals surface area contributed by atoms with E-state index in [2.05, 4.69) is 40.0 Å². The van der Waals surface area contributed by atoms with E-state index in [-0.39, 0.29) is 33.2 Å². The molecule has 0 unspecified atom stereocenters. The molecule has 16 heteroatoms. The number of aromatic nitrogens is 4. The molecule has 0 amide bonds. The van der Waals surface area contributed by atoms with E-state index in [0.29, 0.717) is 17.2 Å². The van der Waals surface area contributed by atoms with Crippen LogP contribution in [0.15, 0.2) is 70.8 Å². The van der Waals surface area contributed by atoms with E-state index >= 15 is 0 Å². The maximum absolute atomic E-state index is 13.0. The zero-order valence-electron chi connectivity index (χ0n) is 24.3. The molecule has 2 aromatic heterocycles. The Morgan fingerprint density at radius 1 is 0.767 bits per heavy atom. The monoisotopic (exact) mass is 628 g/mol. The lowest BCUT2D eigenvalue weighted by molar-refractivity contribution is 0.342. The molecule has 0 bridgehead atoms. The standard InChI is InChI=1S/C27H32N8O6S2/c1-17-15-28-26(33-23(17)31-19-8-7-9-21(14-19)43(38,39)35-27(2,3)4)32-18-10-12-20(13-11-18)42(36,37)34-24-22(40-5)25(41-6)30-16-29-24/h7-16,35H,1-6H3,(H,29,30,34)(H2,28,31,32,33). The summed E-state index contributed by atoms with van der Waals surface area (Å²) in [6.07, 6.45) is 2.76. The first-order chi connectivity index (χ1) is 20.2. The molecule has 43 heavy (non-hydrogen) atoms. The molecule has 0 radical (unpaired) electrons. The average Bonchev–Trinajstić information content (AvgIpc) is 2.93. The first-order valence-electron chi connectivity index (χ1n) is 12.8. The van der Waals surface area contributed by atoms with Gasteiger partial charge in [0.2, 0.25) is 21.7 Å². The number of ether oxygens (including phenoxy) is 2. The van der Waals surface area contributed by atoms with Crippen LogP contribution in [0.25, 0.3) is 0 Å². The summed E-state index contributed by atoms with van der Waals surface area (Å²) in [6, 6.07) is 12.3. The molecule has 2 aromatic carbocycles. The van der Waals surface area contributed by atoms with Gasteiger partial charge in [0.25, 0.3) is 15.9 Å². The highest BCUT2D eigenvalue weighted by molar-refractivity contribution is 7.92. The van der Waals surface area contributed by atoms with E-state index in [0.717, 1.165) is 11.9 Å². The van der Waals surface area contributed by atoms with Gasteiger partial charge in [0.1, 0.15) is 12.1 Å². The Morgan fingerprint density at radius 3 is 2.14 bits per heavy atom. The average molecular weight is 629 g/mol. The van der Waals surface area contributed by atoms with Gasteiger partial charge in [-0.15, -0.1) is 0 Å². The lowest BCUT2D eigenvalue weighted by atomic mass is 10.1. The number of benzene rings is 2. The third-order valence-electron chi connectivity index (χ3n) is 5.64. The van der Waals surface area contributed by atoms with Crippen molar-refractivity contribution in [3.63, 3.8) is 0 Å². The van der Waals surface area contributed by atoms with Crippen molar-refractivity contribution < 1.29 is 26.3 Å². The minimum atomic E-state index is -4.02. The van der Waals surface area contributed by atoms with E-state index in [9.17, 15) is 16.8 Å². The molecular weight excluding hydrogens is 596 g/mol. The van der Waals surface area contributed by atoms with Crippen molar-refractivity contribution in [1.82, 2.24) is 24.7 Å². The largest absolute Gasteiger partial charge is 0.489 e. The van der Waals surface area contributed by atoms with Crippen LogP contribution in [0.3, 0.4) is 0 Å². The molecule has 2 heterocycles. The summed E-state index contributed by atoms with van der Waals surface area (Å²) in [5, 5.41) is 6.18. The normalized spacial score (nSPS) is 12.0. The molecule has 0 aliphatic carbocycles. The van der Waals surface area contributed by atoms with Crippen molar-refractivity contribution >= 4 is 49.0 Å². The van der Waals surface area contributed by atoms with Gasteiger partial charge in [-0.3, -0.25) is 4.72 Å². The second-order valence-corrected chi connectivity index (χ2v) is 13.6. The van der Waals surface area contributed by atoms with Crippen LogP contribution >= 0.6 is 0 Å². The zero-order chi connectivity index (χ0) is 31.4. The van der Waals surface area contributed by atoms with Crippen LogP contribution in [0.1, 0.15) is 26.3 Å². The summed E-state index contributed by atoms with van der Waals surface area (Å²) in [7, 11) is -5.03. The number of methoxy groups -OCH3 is 2. The summed E-state index contributed by atoms with van der Waals surface area (Å²) < 4.78 is 66.8. The van der Waals surface area contributed by atoms with Gasteiger partial charge in [-0.25, -0.2) is 31.5 Å². The molecule has 0 fully saturated rings. The zero-order valence-corrected chi connectivity index (χ0v) is 26.0. The Labute approximate surface area is 250 Å². The fourth-order valence-corrected chi connectivity index (χ4v) is 6.24. The molecule has 0 aliphatic rings. The fraction of sp³-hybridized carbons (Fsp3) is 0.259. The fourth-order valence-electron chi connectivity index (χ4n) is 3.76. The van der Waals surface area contributed by atoms with Crippen molar-refractivity contribution in [2.75, 3.05) is 29.6 Å². The number of sulfonamides is 2.